The first kappa shape index (κ1) is 11.0. The molecule has 1 unspecified atom stereocenters. The van der Waals surface area contributed by atoms with E-state index >= 15 is 0 Å². The van der Waals surface area contributed by atoms with Crippen molar-refractivity contribution in [1.82, 2.24) is 10.6 Å². The first-order valence-corrected chi connectivity index (χ1v) is 5.31. The zero-order valence-electron chi connectivity index (χ0n) is 8.97. The van der Waals surface area contributed by atoms with E-state index in [-0.39, 0.29) is 11.9 Å². The Morgan fingerprint density at radius 1 is 1.64 bits per heavy atom. The zero-order valence-corrected chi connectivity index (χ0v) is 8.97. The molecule has 0 bridgehead atoms. The zero-order chi connectivity index (χ0) is 10.4. The van der Waals surface area contributed by atoms with E-state index in [0.29, 0.717) is 0 Å². The number of nitrogens with one attached hydrogen (secondary N) is 2. The van der Waals surface area contributed by atoms with Crippen LogP contribution in [-0.2, 0) is 4.79 Å². The number of amides is 1. The molecule has 1 amide bonds. The minimum atomic E-state index is -0.168. The smallest absolute Gasteiger partial charge is 0.242 e. The van der Waals surface area contributed by atoms with Gasteiger partial charge in [0, 0.05) is 19.5 Å². The second-order valence-corrected chi connectivity index (χ2v) is 3.59. The van der Waals surface area contributed by atoms with Crippen molar-refractivity contribution in [3.05, 3.63) is 0 Å². The first-order valence-electron chi connectivity index (χ1n) is 5.31. The Bertz CT molecular complexity index is 225. The second kappa shape index (κ2) is 5.62. The second-order valence-electron chi connectivity index (χ2n) is 3.59. The molecule has 0 radical (unpaired) electrons. The quantitative estimate of drug-likeness (QED) is 0.696. The lowest BCUT2D eigenvalue weighted by molar-refractivity contribution is -0.122. The molecule has 80 valence electrons. The van der Waals surface area contributed by atoms with Gasteiger partial charge in [-0.3, -0.25) is 9.79 Å². The molecule has 0 aromatic carbocycles. The van der Waals surface area contributed by atoms with Crippen LogP contribution in [0.15, 0.2) is 4.99 Å². The number of amidine groups is 1. The topological polar surface area (TPSA) is 53.5 Å². The summed E-state index contributed by atoms with van der Waals surface area (Å²) in [6.07, 6.45) is 3.05. The summed E-state index contributed by atoms with van der Waals surface area (Å²) >= 11 is 0. The van der Waals surface area contributed by atoms with Crippen LogP contribution >= 0.6 is 0 Å². The molecule has 1 aliphatic rings. The Labute approximate surface area is 85.2 Å². The van der Waals surface area contributed by atoms with Crippen LogP contribution in [0.2, 0.25) is 0 Å². The SMILES string of the molecule is CCCNC(=O)C(C)NC1=NCCC1. The van der Waals surface area contributed by atoms with E-state index in [1.807, 2.05) is 13.8 Å². The average Bonchev–Trinajstić information content (AvgIpc) is 2.66. The van der Waals surface area contributed by atoms with Crippen LogP contribution in [0.3, 0.4) is 0 Å². The molecule has 14 heavy (non-hydrogen) atoms. The maximum atomic E-state index is 11.5. The van der Waals surface area contributed by atoms with Gasteiger partial charge in [0.25, 0.3) is 0 Å². The van der Waals surface area contributed by atoms with Gasteiger partial charge in [0.2, 0.25) is 5.91 Å². The maximum absolute atomic E-state index is 11.5. The number of nitrogens with zero attached hydrogens (tertiary/aromatic N) is 1. The molecule has 0 fully saturated rings. The van der Waals surface area contributed by atoms with Crippen molar-refractivity contribution < 1.29 is 4.79 Å². The highest BCUT2D eigenvalue weighted by molar-refractivity contribution is 5.90. The first-order chi connectivity index (χ1) is 6.74. The molecule has 0 spiro atoms. The molecule has 1 aliphatic heterocycles. The Kier molecular flexibility index (Phi) is 4.43. The molecule has 0 aromatic heterocycles. The van der Waals surface area contributed by atoms with Gasteiger partial charge in [-0.25, -0.2) is 0 Å². The third-order valence-corrected chi connectivity index (χ3v) is 2.20. The highest BCUT2D eigenvalue weighted by Crippen LogP contribution is 2.01. The summed E-state index contributed by atoms with van der Waals surface area (Å²) in [4.78, 5) is 15.7. The van der Waals surface area contributed by atoms with E-state index in [2.05, 4.69) is 15.6 Å². The van der Waals surface area contributed by atoms with E-state index in [4.69, 9.17) is 0 Å². The van der Waals surface area contributed by atoms with Crippen molar-refractivity contribution in [2.45, 2.75) is 39.2 Å². The highest BCUT2D eigenvalue weighted by Gasteiger charge is 2.14. The maximum Gasteiger partial charge on any atom is 0.242 e. The van der Waals surface area contributed by atoms with Crippen molar-refractivity contribution in [3.8, 4) is 0 Å². The van der Waals surface area contributed by atoms with E-state index in [9.17, 15) is 4.79 Å². The predicted molar refractivity (Wildman–Crippen MR) is 57.4 cm³/mol. The predicted octanol–water partition coefficient (Wildman–Crippen LogP) is 0.683. The van der Waals surface area contributed by atoms with Crippen molar-refractivity contribution in [2.75, 3.05) is 13.1 Å². The van der Waals surface area contributed by atoms with E-state index in [0.717, 1.165) is 38.2 Å². The van der Waals surface area contributed by atoms with Gasteiger partial charge in [-0.1, -0.05) is 6.92 Å². The van der Waals surface area contributed by atoms with E-state index in [1.165, 1.54) is 0 Å². The largest absolute Gasteiger partial charge is 0.362 e. The third kappa shape index (κ3) is 3.36. The summed E-state index contributed by atoms with van der Waals surface area (Å²) in [5.74, 6) is 1.03. The summed E-state index contributed by atoms with van der Waals surface area (Å²) in [6, 6.07) is -0.168. The Balaban J connectivity index is 2.25. The van der Waals surface area contributed by atoms with Crippen LogP contribution in [0.25, 0.3) is 0 Å². The number of carbonyl (C=O) groups is 1. The monoisotopic (exact) mass is 197 g/mol. The van der Waals surface area contributed by atoms with Crippen LogP contribution < -0.4 is 10.6 Å². The molecule has 0 saturated heterocycles. The minimum absolute atomic E-state index is 0.0569. The summed E-state index contributed by atoms with van der Waals surface area (Å²) in [5, 5.41) is 5.98. The highest BCUT2D eigenvalue weighted by atomic mass is 16.2. The van der Waals surface area contributed by atoms with Gasteiger partial charge in [-0.15, -0.1) is 0 Å². The fourth-order valence-corrected chi connectivity index (χ4v) is 1.37. The molecule has 1 heterocycles. The number of rotatable bonds is 4. The normalized spacial score (nSPS) is 17.4. The molecule has 0 saturated carbocycles. The molecule has 2 N–H and O–H groups in total. The van der Waals surface area contributed by atoms with Gasteiger partial charge in [-0.2, -0.15) is 0 Å². The molecule has 0 aliphatic carbocycles. The fraction of sp³-hybridized carbons (Fsp3) is 0.800. The van der Waals surface area contributed by atoms with Crippen molar-refractivity contribution in [3.63, 3.8) is 0 Å². The third-order valence-electron chi connectivity index (χ3n) is 2.20. The molecule has 4 heteroatoms. The number of aliphatic imine (C=N–C) groups is 1. The van der Waals surface area contributed by atoms with E-state index < -0.39 is 0 Å². The summed E-state index contributed by atoms with van der Waals surface area (Å²) in [7, 11) is 0. The minimum Gasteiger partial charge on any atom is -0.362 e. The van der Waals surface area contributed by atoms with Crippen LogP contribution in [0.5, 0.6) is 0 Å². The average molecular weight is 197 g/mol. The molecule has 0 aromatic rings. The number of carbonyl (C=O) groups excluding carboxylic acids is 1. The molecule has 4 nitrogen and oxygen atoms in total. The molecular weight excluding hydrogens is 178 g/mol. The van der Waals surface area contributed by atoms with Crippen LogP contribution in [0, 0.1) is 0 Å². The van der Waals surface area contributed by atoms with Crippen LogP contribution in [-0.4, -0.2) is 30.9 Å². The van der Waals surface area contributed by atoms with Crippen molar-refractivity contribution in [1.29, 1.82) is 0 Å². The standard InChI is InChI=1S/C10H19N3O/c1-3-6-12-10(14)8(2)13-9-5-4-7-11-9/h8H,3-7H2,1-2H3,(H,11,13)(H,12,14). The van der Waals surface area contributed by atoms with Crippen molar-refractivity contribution in [2.24, 2.45) is 4.99 Å². The van der Waals surface area contributed by atoms with Crippen LogP contribution in [0.1, 0.15) is 33.1 Å². The van der Waals surface area contributed by atoms with Gasteiger partial charge in [0.1, 0.15) is 6.04 Å². The summed E-state index contributed by atoms with van der Waals surface area (Å²) in [5.41, 5.74) is 0. The molecule has 1 rings (SSSR count). The Hall–Kier alpha value is -1.06. The molecule has 1 atom stereocenters. The lowest BCUT2D eigenvalue weighted by Crippen LogP contribution is -2.44. The Morgan fingerprint density at radius 3 is 3.00 bits per heavy atom. The van der Waals surface area contributed by atoms with Gasteiger partial charge >= 0.3 is 0 Å². The summed E-state index contributed by atoms with van der Waals surface area (Å²) in [6.45, 7) is 5.55. The van der Waals surface area contributed by atoms with E-state index in [1.54, 1.807) is 0 Å². The van der Waals surface area contributed by atoms with Gasteiger partial charge < -0.3 is 10.6 Å². The Morgan fingerprint density at radius 2 is 2.43 bits per heavy atom. The van der Waals surface area contributed by atoms with Gasteiger partial charge in [0.15, 0.2) is 0 Å². The molecular formula is C10H19N3O. The van der Waals surface area contributed by atoms with Crippen LogP contribution in [0.4, 0.5) is 0 Å². The van der Waals surface area contributed by atoms with Gasteiger partial charge in [0.05, 0.1) is 5.84 Å². The summed E-state index contributed by atoms with van der Waals surface area (Å²) < 4.78 is 0. The fourth-order valence-electron chi connectivity index (χ4n) is 1.37. The lowest BCUT2D eigenvalue weighted by atomic mass is 10.2. The number of hydrogen-bond acceptors (Lipinski definition) is 3. The number of hydrogen-bond donors (Lipinski definition) is 2. The lowest BCUT2D eigenvalue weighted by Gasteiger charge is -2.14. The van der Waals surface area contributed by atoms with Gasteiger partial charge in [-0.05, 0) is 19.8 Å². The van der Waals surface area contributed by atoms with Crippen molar-refractivity contribution >= 4 is 11.7 Å².